The molecule has 2 N–H and O–H groups in total. The van der Waals surface area contributed by atoms with Crippen molar-refractivity contribution in [3.05, 3.63) is 65.0 Å². The topological polar surface area (TPSA) is 74.4 Å². The second kappa shape index (κ2) is 7.14. The largest absolute Gasteiger partial charge is 0.488 e. The summed E-state index contributed by atoms with van der Waals surface area (Å²) in [4.78, 5) is 15.9. The van der Waals surface area contributed by atoms with E-state index in [0.717, 1.165) is 16.8 Å². The summed E-state index contributed by atoms with van der Waals surface area (Å²) in [6, 6.07) is 14.8. The van der Waals surface area contributed by atoms with Crippen molar-refractivity contribution in [2.75, 3.05) is 12.8 Å². The number of nitrogen functional groups attached to an aromatic ring is 1. The number of nitrogens with two attached hydrogens (primary N) is 1. The molecule has 0 bridgehead atoms. The summed E-state index contributed by atoms with van der Waals surface area (Å²) in [5, 5.41) is 2.42. The number of aromatic nitrogens is 1. The van der Waals surface area contributed by atoms with E-state index in [-0.39, 0.29) is 5.97 Å². The number of carbonyl (C=O) groups is 1. The molecule has 1 aromatic heterocycles. The van der Waals surface area contributed by atoms with E-state index in [9.17, 15) is 4.79 Å². The van der Waals surface area contributed by atoms with E-state index in [4.69, 9.17) is 15.2 Å². The number of para-hydroxylation sites is 1. The number of carbonyl (C=O) groups excluding carboxylic acids is 1. The highest BCUT2D eigenvalue weighted by atomic mass is 32.1. The molecule has 0 spiro atoms. The van der Waals surface area contributed by atoms with Crippen molar-refractivity contribution in [2.24, 2.45) is 0 Å². The van der Waals surface area contributed by atoms with E-state index in [2.05, 4.69) is 4.98 Å². The molecule has 0 unspecified atom stereocenters. The van der Waals surface area contributed by atoms with Crippen LogP contribution in [0.15, 0.2) is 53.9 Å². The minimum absolute atomic E-state index is 0.335. The van der Waals surface area contributed by atoms with Gasteiger partial charge in [-0.2, -0.15) is 0 Å². The van der Waals surface area contributed by atoms with Crippen LogP contribution in [0.1, 0.15) is 15.9 Å². The first-order chi connectivity index (χ1) is 11.7. The maximum absolute atomic E-state index is 11.6. The molecule has 2 aromatic carbocycles. The van der Waals surface area contributed by atoms with E-state index >= 15 is 0 Å². The molecule has 0 radical (unpaired) electrons. The highest BCUT2D eigenvalue weighted by molar-refractivity contribution is 7.13. The number of anilines is 1. The number of benzene rings is 2. The lowest BCUT2D eigenvalue weighted by molar-refractivity contribution is 0.0600. The Kier molecular flexibility index (Phi) is 4.77. The van der Waals surface area contributed by atoms with Crippen molar-refractivity contribution in [3.8, 4) is 17.0 Å². The SMILES string of the molecule is COC(=O)c1cccc(COc2ccccc2-c2csc(N)n2)c1. The van der Waals surface area contributed by atoms with Gasteiger partial charge in [-0.05, 0) is 29.8 Å². The number of hydrogen-bond acceptors (Lipinski definition) is 6. The molecule has 0 atom stereocenters. The fraction of sp³-hybridized carbons (Fsp3) is 0.111. The fourth-order valence-electron chi connectivity index (χ4n) is 2.28. The van der Waals surface area contributed by atoms with Gasteiger partial charge in [-0.3, -0.25) is 0 Å². The quantitative estimate of drug-likeness (QED) is 0.716. The molecule has 24 heavy (non-hydrogen) atoms. The number of thiazole rings is 1. The fourth-order valence-corrected chi connectivity index (χ4v) is 2.85. The number of methoxy groups -OCH3 is 1. The maximum Gasteiger partial charge on any atom is 0.337 e. The minimum atomic E-state index is -0.366. The first-order valence-electron chi connectivity index (χ1n) is 7.28. The summed E-state index contributed by atoms with van der Waals surface area (Å²) in [6.45, 7) is 0.335. The van der Waals surface area contributed by atoms with Gasteiger partial charge in [0.05, 0.1) is 18.4 Å². The number of nitrogens with zero attached hydrogens (tertiary/aromatic N) is 1. The molecular weight excluding hydrogens is 324 g/mol. The van der Waals surface area contributed by atoms with Gasteiger partial charge in [0.15, 0.2) is 5.13 Å². The third-order valence-electron chi connectivity index (χ3n) is 3.43. The summed E-state index contributed by atoms with van der Waals surface area (Å²) in [5.74, 6) is 0.349. The molecular formula is C18H16N2O3S. The maximum atomic E-state index is 11.6. The van der Waals surface area contributed by atoms with Gasteiger partial charge in [0, 0.05) is 10.9 Å². The summed E-state index contributed by atoms with van der Waals surface area (Å²) in [7, 11) is 1.36. The lowest BCUT2D eigenvalue weighted by Crippen LogP contribution is -2.03. The summed E-state index contributed by atoms with van der Waals surface area (Å²) < 4.78 is 10.7. The van der Waals surface area contributed by atoms with Gasteiger partial charge in [-0.25, -0.2) is 9.78 Å². The molecule has 3 aromatic rings. The van der Waals surface area contributed by atoms with Crippen LogP contribution < -0.4 is 10.5 Å². The molecule has 3 rings (SSSR count). The van der Waals surface area contributed by atoms with Crippen molar-refractivity contribution < 1.29 is 14.3 Å². The van der Waals surface area contributed by atoms with Gasteiger partial charge in [-0.1, -0.05) is 24.3 Å². The third-order valence-corrected chi connectivity index (χ3v) is 4.10. The molecule has 5 nitrogen and oxygen atoms in total. The molecule has 0 fully saturated rings. The zero-order valence-corrected chi connectivity index (χ0v) is 13.9. The van der Waals surface area contributed by atoms with Crippen molar-refractivity contribution >= 4 is 22.4 Å². The van der Waals surface area contributed by atoms with E-state index in [0.29, 0.717) is 23.1 Å². The van der Waals surface area contributed by atoms with Crippen molar-refractivity contribution in [1.82, 2.24) is 4.98 Å². The second-order valence-corrected chi connectivity index (χ2v) is 5.94. The zero-order chi connectivity index (χ0) is 16.9. The van der Waals surface area contributed by atoms with Crippen LogP contribution in [0.4, 0.5) is 5.13 Å². The first-order valence-corrected chi connectivity index (χ1v) is 8.16. The number of hydrogen-bond donors (Lipinski definition) is 1. The summed E-state index contributed by atoms with van der Waals surface area (Å²) >= 11 is 1.39. The molecule has 1 heterocycles. The van der Waals surface area contributed by atoms with Crippen LogP contribution in [0, 0.1) is 0 Å². The van der Waals surface area contributed by atoms with Gasteiger partial charge in [0.1, 0.15) is 12.4 Å². The molecule has 0 saturated carbocycles. The zero-order valence-electron chi connectivity index (χ0n) is 13.1. The standard InChI is InChI=1S/C18H16N2O3S/c1-22-17(21)13-6-4-5-12(9-13)10-23-16-8-3-2-7-14(16)15-11-24-18(19)20-15/h2-9,11H,10H2,1H3,(H2,19,20). The predicted octanol–water partition coefficient (Wildman–Crippen LogP) is 3.76. The molecule has 0 aliphatic heterocycles. The van der Waals surface area contributed by atoms with Crippen LogP contribution in [-0.2, 0) is 11.3 Å². The van der Waals surface area contributed by atoms with E-state index in [1.165, 1.54) is 18.4 Å². The van der Waals surface area contributed by atoms with E-state index in [1.807, 2.05) is 35.7 Å². The van der Waals surface area contributed by atoms with Crippen LogP contribution in [-0.4, -0.2) is 18.1 Å². The van der Waals surface area contributed by atoms with E-state index in [1.54, 1.807) is 18.2 Å². The van der Waals surface area contributed by atoms with Crippen LogP contribution in [0.3, 0.4) is 0 Å². The Hall–Kier alpha value is -2.86. The average Bonchev–Trinajstić information content (AvgIpc) is 3.06. The highest BCUT2D eigenvalue weighted by Gasteiger charge is 2.10. The molecule has 122 valence electrons. The van der Waals surface area contributed by atoms with E-state index < -0.39 is 0 Å². The molecule has 0 aliphatic rings. The Balaban J connectivity index is 1.79. The molecule has 6 heteroatoms. The third kappa shape index (κ3) is 3.55. The van der Waals surface area contributed by atoms with Crippen molar-refractivity contribution in [2.45, 2.75) is 6.61 Å². The number of ether oxygens (including phenoxy) is 2. The Labute approximate surface area is 143 Å². The predicted molar refractivity (Wildman–Crippen MR) is 94.1 cm³/mol. The van der Waals surface area contributed by atoms with Gasteiger partial charge in [-0.15, -0.1) is 11.3 Å². The van der Waals surface area contributed by atoms with Crippen LogP contribution >= 0.6 is 11.3 Å². The normalized spacial score (nSPS) is 10.4. The van der Waals surface area contributed by atoms with Crippen LogP contribution in [0.5, 0.6) is 5.75 Å². The van der Waals surface area contributed by atoms with Gasteiger partial charge >= 0.3 is 5.97 Å². The first kappa shape index (κ1) is 16.0. The average molecular weight is 340 g/mol. The summed E-state index contributed by atoms with van der Waals surface area (Å²) in [5.41, 5.74) is 8.76. The lowest BCUT2D eigenvalue weighted by Gasteiger charge is -2.10. The Morgan fingerprint density at radius 1 is 1.21 bits per heavy atom. The second-order valence-electron chi connectivity index (χ2n) is 5.05. The van der Waals surface area contributed by atoms with Gasteiger partial charge in [0.25, 0.3) is 0 Å². The minimum Gasteiger partial charge on any atom is -0.488 e. The smallest absolute Gasteiger partial charge is 0.337 e. The van der Waals surface area contributed by atoms with Crippen molar-refractivity contribution in [3.63, 3.8) is 0 Å². The van der Waals surface area contributed by atoms with Gasteiger partial charge < -0.3 is 15.2 Å². The van der Waals surface area contributed by atoms with Crippen LogP contribution in [0.25, 0.3) is 11.3 Å². The summed E-state index contributed by atoms with van der Waals surface area (Å²) in [6.07, 6.45) is 0. The van der Waals surface area contributed by atoms with Crippen molar-refractivity contribution in [1.29, 1.82) is 0 Å². The Morgan fingerprint density at radius 3 is 2.79 bits per heavy atom. The monoisotopic (exact) mass is 340 g/mol. The van der Waals surface area contributed by atoms with Gasteiger partial charge in [0.2, 0.25) is 0 Å². The Bertz CT molecular complexity index is 861. The molecule has 0 amide bonds. The molecule has 0 saturated heterocycles. The lowest BCUT2D eigenvalue weighted by atomic mass is 10.1. The van der Waals surface area contributed by atoms with Crippen LogP contribution in [0.2, 0.25) is 0 Å². The highest BCUT2D eigenvalue weighted by Crippen LogP contribution is 2.31. The molecule has 0 aliphatic carbocycles. The number of esters is 1. The Morgan fingerprint density at radius 2 is 2.04 bits per heavy atom. The number of rotatable bonds is 5.